The van der Waals surface area contributed by atoms with Gasteiger partial charge in [-0.1, -0.05) is 13.8 Å². The predicted molar refractivity (Wildman–Crippen MR) is 79.8 cm³/mol. The van der Waals surface area contributed by atoms with Crippen LogP contribution in [0.15, 0.2) is 30.7 Å². The van der Waals surface area contributed by atoms with Crippen LogP contribution in [0.25, 0.3) is 0 Å². The summed E-state index contributed by atoms with van der Waals surface area (Å²) in [6.45, 7) is 6.28. The maximum atomic E-state index is 12.6. The summed E-state index contributed by atoms with van der Waals surface area (Å²) in [6.07, 6.45) is 5.79. The van der Waals surface area contributed by atoms with Gasteiger partial charge in [0.25, 0.3) is 5.91 Å². The summed E-state index contributed by atoms with van der Waals surface area (Å²) in [4.78, 5) is 17.7. The number of hydrogen-bond acceptors (Lipinski definition) is 2. The molecule has 2 aromatic rings. The van der Waals surface area contributed by atoms with E-state index < -0.39 is 5.66 Å². The molecule has 0 aromatic carbocycles. The lowest BCUT2D eigenvalue weighted by atomic mass is 9.99. The summed E-state index contributed by atoms with van der Waals surface area (Å²) in [5, 5.41) is 3.50. The molecular weight excluding hydrogens is 266 g/mol. The van der Waals surface area contributed by atoms with Crippen molar-refractivity contribution in [3.63, 3.8) is 0 Å². The molecule has 1 amide bonds. The number of amides is 1. The van der Waals surface area contributed by atoms with Gasteiger partial charge < -0.3 is 20.2 Å². The van der Waals surface area contributed by atoms with Crippen LogP contribution in [0.1, 0.15) is 29.9 Å². The molecule has 1 atom stereocenters. The maximum Gasteiger partial charge on any atom is 0.272 e. The summed E-state index contributed by atoms with van der Waals surface area (Å²) in [5.41, 5.74) is 6.22. The standard InChI is InChI=1S/C13H15N5O.C2H6/c14-10-5-11-12(19)18-4-3-16-13(18,8-17(11)7-10)9-1-2-15-6-9;1-2/h1-2,5-7,15-16H,3-4,8,14H2;1-2H3/p+1. The van der Waals surface area contributed by atoms with Crippen LogP contribution in [0.5, 0.6) is 0 Å². The lowest BCUT2D eigenvalue weighted by Gasteiger charge is -2.42. The topological polar surface area (TPSA) is 80.7 Å². The van der Waals surface area contributed by atoms with Crippen LogP contribution in [0, 0.1) is 0 Å². The van der Waals surface area contributed by atoms with Gasteiger partial charge in [-0.05, 0) is 6.07 Å². The van der Waals surface area contributed by atoms with Gasteiger partial charge in [0, 0.05) is 37.1 Å². The molecular formula is C15H22N5O+. The molecule has 4 rings (SSSR count). The average molecular weight is 288 g/mol. The third-order valence-corrected chi connectivity index (χ3v) is 4.11. The van der Waals surface area contributed by atoms with Crippen molar-refractivity contribution >= 4 is 11.6 Å². The zero-order valence-corrected chi connectivity index (χ0v) is 12.5. The Kier molecular flexibility index (Phi) is 3.35. The molecule has 2 aliphatic rings. The van der Waals surface area contributed by atoms with Crippen molar-refractivity contribution in [3.05, 3.63) is 42.0 Å². The third kappa shape index (κ3) is 1.91. The second-order valence-corrected chi connectivity index (χ2v) is 5.21. The lowest BCUT2D eigenvalue weighted by molar-refractivity contribution is -0.254. The number of H-pyrrole nitrogens is 1. The first kappa shape index (κ1) is 13.9. The van der Waals surface area contributed by atoms with Gasteiger partial charge in [0.1, 0.15) is 17.0 Å². The van der Waals surface area contributed by atoms with E-state index in [4.69, 9.17) is 0 Å². The molecule has 5 N–H and O–H groups in total. The van der Waals surface area contributed by atoms with Gasteiger partial charge in [-0.2, -0.15) is 0 Å². The van der Waals surface area contributed by atoms with E-state index >= 15 is 0 Å². The van der Waals surface area contributed by atoms with Gasteiger partial charge in [0.2, 0.25) is 0 Å². The molecule has 2 aromatic heterocycles. The van der Waals surface area contributed by atoms with Crippen molar-refractivity contribution in [2.24, 2.45) is 0 Å². The van der Waals surface area contributed by atoms with E-state index in [1.54, 1.807) is 0 Å². The van der Waals surface area contributed by atoms with Gasteiger partial charge in [-0.15, -0.1) is 0 Å². The van der Waals surface area contributed by atoms with Gasteiger partial charge in [-0.3, -0.25) is 10.1 Å². The normalized spacial score (nSPS) is 23.4. The quantitative estimate of drug-likeness (QED) is 0.719. The second kappa shape index (κ2) is 5.05. The Morgan fingerprint density at radius 2 is 2.19 bits per heavy atom. The fourth-order valence-electron chi connectivity index (χ4n) is 3.27. The van der Waals surface area contributed by atoms with Crippen LogP contribution in [0.4, 0.5) is 5.69 Å². The lowest BCUT2D eigenvalue weighted by Crippen LogP contribution is -2.57. The number of nitrogens with one attached hydrogen (secondary N) is 2. The van der Waals surface area contributed by atoms with Gasteiger partial charge in [0.15, 0.2) is 0 Å². The third-order valence-electron chi connectivity index (χ3n) is 4.11. The Morgan fingerprint density at radius 1 is 1.38 bits per heavy atom. The monoisotopic (exact) mass is 288 g/mol. The maximum absolute atomic E-state index is 12.6. The first-order chi connectivity index (χ1) is 10.2. The van der Waals surface area contributed by atoms with Crippen molar-refractivity contribution in [1.82, 2.24) is 19.8 Å². The number of aromatic amines is 1. The average Bonchev–Trinajstić information content (AvgIpc) is 3.19. The second-order valence-electron chi connectivity index (χ2n) is 5.21. The molecule has 6 heteroatoms. The molecule has 112 valence electrons. The molecule has 21 heavy (non-hydrogen) atoms. The number of fused-ring (bicyclic) bond motifs is 2. The van der Waals surface area contributed by atoms with Crippen LogP contribution < -0.4 is 11.1 Å². The van der Waals surface area contributed by atoms with Crippen molar-refractivity contribution in [1.29, 1.82) is 0 Å². The van der Waals surface area contributed by atoms with Crippen LogP contribution >= 0.6 is 0 Å². The summed E-state index contributed by atoms with van der Waals surface area (Å²) in [7, 11) is 0. The van der Waals surface area contributed by atoms with Crippen LogP contribution in [0.2, 0.25) is 0 Å². The molecule has 0 saturated carbocycles. The van der Waals surface area contributed by atoms with Crippen molar-refractivity contribution in [2.45, 2.75) is 26.1 Å². The highest BCUT2D eigenvalue weighted by molar-refractivity contribution is 5.95. The summed E-state index contributed by atoms with van der Waals surface area (Å²) >= 11 is 0. The number of carbonyl (C=O) groups excluding carboxylic acids is 1. The molecule has 4 heterocycles. The van der Waals surface area contributed by atoms with Crippen molar-refractivity contribution in [2.75, 3.05) is 13.1 Å². The predicted octanol–water partition coefficient (Wildman–Crippen LogP) is 0.628. The molecule has 1 unspecified atom stereocenters. The Morgan fingerprint density at radius 3 is 2.90 bits per heavy atom. The summed E-state index contributed by atoms with van der Waals surface area (Å²) in [5.74, 6) is 0.0763. The summed E-state index contributed by atoms with van der Waals surface area (Å²) < 4.78 is 2.01. The minimum absolute atomic E-state index is 0.0763. The molecule has 0 aliphatic carbocycles. The van der Waals surface area contributed by atoms with Crippen molar-refractivity contribution < 1.29 is 10.5 Å². The Balaban J connectivity index is 0.000000636. The SMILES string of the molecule is CC.[NH3+]c1cc2n(c1)CC1(c3cc[nH]c3)NCCN1C2=O. The summed E-state index contributed by atoms with van der Waals surface area (Å²) in [6, 6.07) is 3.89. The molecule has 0 radical (unpaired) electrons. The molecule has 6 nitrogen and oxygen atoms in total. The van der Waals surface area contributed by atoms with Gasteiger partial charge >= 0.3 is 0 Å². The van der Waals surface area contributed by atoms with E-state index in [0.29, 0.717) is 0 Å². The largest absolute Gasteiger partial charge is 0.367 e. The zero-order chi connectivity index (χ0) is 15.0. The Bertz CT molecular complexity index is 645. The molecule has 1 saturated heterocycles. The number of hydrogen-bond donors (Lipinski definition) is 3. The molecule has 1 fully saturated rings. The zero-order valence-electron chi connectivity index (χ0n) is 12.5. The van der Waals surface area contributed by atoms with Crippen LogP contribution in [0.3, 0.4) is 0 Å². The highest BCUT2D eigenvalue weighted by Crippen LogP contribution is 2.36. The van der Waals surface area contributed by atoms with Gasteiger partial charge in [0.05, 0.1) is 12.7 Å². The minimum atomic E-state index is -0.421. The van der Waals surface area contributed by atoms with E-state index in [-0.39, 0.29) is 5.91 Å². The Hall–Kier alpha value is -2.05. The number of carbonyl (C=O) groups is 1. The van der Waals surface area contributed by atoms with Gasteiger partial charge in [-0.25, -0.2) is 0 Å². The first-order valence-electron chi connectivity index (χ1n) is 7.43. The van der Waals surface area contributed by atoms with E-state index in [0.717, 1.165) is 36.6 Å². The van der Waals surface area contributed by atoms with Crippen molar-refractivity contribution in [3.8, 4) is 0 Å². The number of nitrogens with zero attached hydrogens (tertiary/aromatic N) is 2. The number of rotatable bonds is 1. The van der Waals surface area contributed by atoms with Crippen LogP contribution in [-0.2, 0) is 12.2 Å². The van der Waals surface area contributed by atoms with E-state index in [9.17, 15) is 4.79 Å². The highest BCUT2D eigenvalue weighted by atomic mass is 16.2. The molecule has 0 spiro atoms. The molecule has 0 bridgehead atoms. The van der Waals surface area contributed by atoms with Crippen LogP contribution in [-0.4, -0.2) is 33.4 Å². The van der Waals surface area contributed by atoms with E-state index in [1.165, 1.54) is 0 Å². The van der Waals surface area contributed by atoms with E-state index in [1.807, 2.05) is 54.0 Å². The number of aromatic nitrogens is 2. The fourth-order valence-corrected chi connectivity index (χ4v) is 3.27. The molecule has 2 aliphatic heterocycles. The minimum Gasteiger partial charge on any atom is -0.367 e. The first-order valence-corrected chi connectivity index (χ1v) is 7.43. The Labute approximate surface area is 123 Å². The number of quaternary nitrogens is 1. The highest BCUT2D eigenvalue weighted by Gasteiger charge is 2.49. The smallest absolute Gasteiger partial charge is 0.272 e. The van der Waals surface area contributed by atoms with E-state index in [2.05, 4.69) is 16.0 Å². The fraction of sp³-hybridized carbons (Fsp3) is 0.400.